The van der Waals surface area contributed by atoms with Crippen molar-refractivity contribution >= 4 is 11.6 Å². The molecule has 0 fully saturated rings. The lowest BCUT2D eigenvalue weighted by molar-refractivity contribution is -0.130. The van der Waals surface area contributed by atoms with Crippen LogP contribution in [0.2, 0.25) is 0 Å². The number of benzene rings is 1. The highest BCUT2D eigenvalue weighted by Crippen LogP contribution is 2.09. The lowest BCUT2D eigenvalue weighted by Gasteiger charge is -2.23. The van der Waals surface area contributed by atoms with Crippen LogP contribution in [0, 0.1) is 5.92 Å². The van der Waals surface area contributed by atoms with E-state index in [4.69, 9.17) is 5.73 Å². The van der Waals surface area contributed by atoms with Gasteiger partial charge in [-0.25, -0.2) is 0 Å². The highest BCUT2D eigenvalue weighted by Gasteiger charge is 2.13. The Morgan fingerprint density at radius 1 is 1.41 bits per heavy atom. The zero-order valence-corrected chi connectivity index (χ0v) is 10.9. The van der Waals surface area contributed by atoms with E-state index in [-0.39, 0.29) is 5.91 Å². The molecule has 2 N–H and O–H groups in total. The van der Waals surface area contributed by atoms with Gasteiger partial charge in [0.15, 0.2) is 0 Å². The van der Waals surface area contributed by atoms with Crippen LogP contribution in [0.3, 0.4) is 0 Å². The predicted molar refractivity (Wildman–Crippen MR) is 71.7 cm³/mol. The second-order valence-electron chi connectivity index (χ2n) is 4.75. The molecule has 17 heavy (non-hydrogen) atoms. The molecule has 0 aliphatic heterocycles. The molecule has 0 spiro atoms. The molecule has 1 aromatic carbocycles. The van der Waals surface area contributed by atoms with E-state index in [0.717, 1.165) is 18.7 Å². The lowest BCUT2D eigenvalue weighted by atomic mass is 10.1. The van der Waals surface area contributed by atoms with Gasteiger partial charge in [0.1, 0.15) is 0 Å². The van der Waals surface area contributed by atoms with Crippen molar-refractivity contribution in [3.8, 4) is 0 Å². The quantitative estimate of drug-likeness (QED) is 0.795. The van der Waals surface area contributed by atoms with Crippen molar-refractivity contribution in [2.45, 2.75) is 27.2 Å². The topological polar surface area (TPSA) is 46.3 Å². The van der Waals surface area contributed by atoms with E-state index in [0.29, 0.717) is 18.0 Å². The second-order valence-corrected chi connectivity index (χ2v) is 4.75. The smallest absolute Gasteiger partial charge is 0.226 e. The first-order valence-electron chi connectivity index (χ1n) is 6.15. The Labute approximate surface area is 104 Å². The molecule has 94 valence electrons. The Bertz CT molecular complexity index is 374. The Morgan fingerprint density at radius 2 is 2.12 bits per heavy atom. The number of anilines is 1. The zero-order valence-electron chi connectivity index (χ0n) is 10.9. The van der Waals surface area contributed by atoms with Gasteiger partial charge >= 0.3 is 0 Å². The van der Waals surface area contributed by atoms with Gasteiger partial charge in [0.25, 0.3) is 0 Å². The first-order valence-corrected chi connectivity index (χ1v) is 6.15. The van der Waals surface area contributed by atoms with Crippen molar-refractivity contribution in [2.24, 2.45) is 5.92 Å². The number of amides is 1. The molecule has 0 heterocycles. The number of nitrogen functional groups attached to an aromatic ring is 1. The monoisotopic (exact) mass is 234 g/mol. The summed E-state index contributed by atoms with van der Waals surface area (Å²) in [4.78, 5) is 14.0. The molecule has 0 saturated carbocycles. The summed E-state index contributed by atoms with van der Waals surface area (Å²) in [5.74, 6) is 0.673. The SMILES string of the molecule is CCN(CC(C)C)C(=O)Cc1cccc(N)c1. The summed E-state index contributed by atoms with van der Waals surface area (Å²) in [6.45, 7) is 7.84. The predicted octanol–water partition coefficient (Wildman–Crippen LogP) is 2.32. The summed E-state index contributed by atoms with van der Waals surface area (Å²) < 4.78 is 0. The fourth-order valence-corrected chi connectivity index (χ4v) is 1.84. The Balaban J connectivity index is 2.64. The summed E-state index contributed by atoms with van der Waals surface area (Å²) in [6.07, 6.45) is 0.436. The molecule has 0 aromatic heterocycles. The molecular weight excluding hydrogens is 212 g/mol. The molecule has 0 bridgehead atoms. The van der Waals surface area contributed by atoms with E-state index in [1.807, 2.05) is 36.1 Å². The van der Waals surface area contributed by atoms with Crippen molar-refractivity contribution in [1.29, 1.82) is 0 Å². The second kappa shape index (κ2) is 6.28. The highest BCUT2D eigenvalue weighted by molar-refractivity contribution is 5.79. The fraction of sp³-hybridized carbons (Fsp3) is 0.500. The minimum absolute atomic E-state index is 0.173. The van der Waals surface area contributed by atoms with Crippen LogP contribution < -0.4 is 5.73 Å². The van der Waals surface area contributed by atoms with Crippen LogP contribution in [0.4, 0.5) is 5.69 Å². The van der Waals surface area contributed by atoms with Crippen LogP contribution >= 0.6 is 0 Å². The summed E-state index contributed by atoms with van der Waals surface area (Å²) in [5.41, 5.74) is 7.39. The van der Waals surface area contributed by atoms with Crippen molar-refractivity contribution in [2.75, 3.05) is 18.8 Å². The average Bonchev–Trinajstić information content (AvgIpc) is 2.25. The molecule has 0 aliphatic rings. The normalized spacial score (nSPS) is 10.6. The van der Waals surface area contributed by atoms with Crippen molar-refractivity contribution in [3.63, 3.8) is 0 Å². The molecule has 1 amide bonds. The van der Waals surface area contributed by atoms with Crippen molar-refractivity contribution < 1.29 is 4.79 Å². The van der Waals surface area contributed by atoms with Crippen LogP contribution in [0.1, 0.15) is 26.3 Å². The molecule has 0 atom stereocenters. The van der Waals surface area contributed by atoms with Crippen LogP contribution in [0.15, 0.2) is 24.3 Å². The van der Waals surface area contributed by atoms with E-state index in [1.54, 1.807) is 0 Å². The molecule has 1 rings (SSSR count). The van der Waals surface area contributed by atoms with Crippen molar-refractivity contribution in [3.05, 3.63) is 29.8 Å². The maximum atomic E-state index is 12.1. The van der Waals surface area contributed by atoms with Gasteiger partial charge in [-0.15, -0.1) is 0 Å². The van der Waals surface area contributed by atoms with Gasteiger partial charge in [-0.2, -0.15) is 0 Å². The molecule has 0 aliphatic carbocycles. The van der Waals surface area contributed by atoms with Gasteiger partial charge in [0, 0.05) is 18.8 Å². The van der Waals surface area contributed by atoms with Gasteiger partial charge in [0.2, 0.25) is 5.91 Å². The van der Waals surface area contributed by atoms with Gasteiger partial charge in [-0.05, 0) is 30.5 Å². The van der Waals surface area contributed by atoms with Gasteiger partial charge in [0.05, 0.1) is 6.42 Å². The molecule has 0 unspecified atom stereocenters. The van der Waals surface area contributed by atoms with Gasteiger partial charge in [-0.3, -0.25) is 4.79 Å². The third kappa shape index (κ3) is 4.47. The number of carbonyl (C=O) groups excluding carboxylic acids is 1. The van der Waals surface area contributed by atoms with Crippen LogP contribution in [-0.2, 0) is 11.2 Å². The van der Waals surface area contributed by atoms with E-state index >= 15 is 0 Å². The number of hydrogen-bond acceptors (Lipinski definition) is 2. The number of likely N-dealkylation sites (N-methyl/N-ethyl adjacent to an activating group) is 1. The van der Waals surface area contributed by atoms with E-state index < -0.39 is 0 Å². The number of carbonyl (C=O) groups is 1. The minimum Gasteiger partial charge on any atom is -0.399 e. The summed E-state index contributed by atoms with van der Waals surface area (Å²) in [7, 11) is 0. The first kappa shape index (κ1) is 13.6. The van der Waals surface area contributed by atoms with Crippen LogP contribution in [-0.4, -0.2) is 23.9 Å². The first-order chi connectivity index (χ1) is 8.02. The Hall–Kier alpha value is -1.51. The molecule has 1 aromatic rings. The maximum Gasteiger partial charge on any atom is 0.226 e. The number of nitrogens with two attached hydrogens (primary N) is 1. The van der Waals surface area contributed by atoms with Crippen LogP contribution in [0.5, 0.6) is 0 Å². The van der Waals surface area contributed by atoms with E-state index in [9.17, 15) is 4.79 Å². The molecule has 0 saturated heterocycles. The largest absolute Gasteiger partial charge is 0.399 e. The van der Waals surface area contributed by atoms with Crippen molar-refractivity contribution in [1.82, 2.24) is 4.90 Å². The molecular formula is C14H22N2O. The summed E-state index contributed by atoms with van der Waals surface area (Å²) >= 11 is 0. The number of rotatable bonds is 5. The minimum atomic E-state index is 0.173. The zero-order chi connectivity index (χ0) is 12.8. The summed E-state index contributed by atoms with van der Waals surface area (Å²) in [5, 5.41) is 0. The standard InChI is InChI=1S/C14H22N2O/c1-4-16(10-11(2)3)14(17)9-12-6-5-7-13(15)8-12/h5-8,11H,4,9-10,15H2,1-3H3. The molecule has 3 nitrogen and oxygen atoms in total. The molecule has 3 heteroatoms. The van der Waals surface area contributed by atoms with Crippen LogP contribution in [0.25, 0.3) is 0 Å². The lowest BCUT2D eigenvalue weighted by Crippen LogP contribution is -2.35. The number of nitrogens with zero attached hydrogens (tertiary/aromatic N) is 1. The van der Waals surface area contributed by atoms with Gasteiger partial charge < -0.3 is 10.6 Å². The maximum absolute atomic E-state index is 12.1. The summed E-state index contributed by atoms with van der Waals surface area (Å²) in [6, 6.07) is 7.52. The fourth-order valence-electron chi connectivity index (χ4n) is 1.84. The van der Waals surface area contributed by atoms with E-state index in [2.05, 4.69) is 13.8 Å². The van der Waals surface area contributed by atoms with Gasteiger partial charge in [-0.1, -0.05) is 26.0 Å². The third-order valence-corrected chi connectivity index (χ3v) is 2.63. The Morgan fingerprint density at radius 3 is 2.65 bits per heavy atom. The molecule has 0 radical (unpaired) electrons. The van der Waals surface area contributed by atoms with E-state index in [1.165, 1.54) is 0 Å². The third-order valence-electron chi connectivity index (χ3n) is 2.63. The average molecular weight is 234 g/mol. The number of hydrogen-bond donors (Lipinski definition) is 1. The Kier molecular flexibility index (Phi) is 5.01. The highest BCUT2D eigenvalue weighted by atomic mass is 16.2.